The molecule has 6 nitrogen and oxygen atoms in total. The van der Waals surface area contributed by atoms with E-state index in [-0.39, 0.29) is 16.6 Å². The van der Waals surface area contributed by atoms with Crippen molar-refractivity contribution in [2.45, 2.75) is 25.4 Å². The van der Waals surface area contributed by atoms with Crippen molar-refractivity contribution in [3.63, 3.8) is 0 Å². The fraction of sp³-hybridized carbons (Fsp3) is 0.692. The van der Waals surface area contributed by atoms with Crippen LogP contribution in [0.4, 0.5) is 5.69 Å². The molecule has 0 amide bonds. The van der Waals surface area contributed by atoms with Gasteiger partial charge in [-0.05, 0) is 26.9 Å². The molecule has 0 radical (unpaired) electrons. The lowest BCUT2D eigenvalue weighted by Crippen LogP contribution is -2.32. The summed E-state index contributed by atoms with van der Waals surface area (Å²) in [6.07, 6.45) is 3.25. The molecule has 1 fully saturated rings. The zero-order valence-corrected chi connectivity index (χ0v) is 13.9. The summed E-state index contributed by atoms with van der Waals surface area (Å²) >= 11 is 6.15. The molecule has 1 aliphatic heterocycles. The maximum Gasteiger partial charge on any atom is 0.287 e. The largest absolute Gasteiger partial charge is 0.380 e. The lowest BCUT2D eigenvalue weighted by molar-refractivity contribution is 0.367. The average molecular weight is 333 g/mol. The zero-order chi connectivity index (χ0) is 15.4. The number of aromatic nitrogens is 2. The van der Waals surface area contributed by atoms with E-state index in [9.17, 15) is 9.00 Å². The van der Waals surface area contributed by atoms with Crippen LogP contribution in [0.1, 0.15) is 12.8 Å². The molecule has 1 aromatic rings. The van der Waals surface area contributed by atoms with Gasteiger partial charge in [-0.25, -0.2) is 4.68 Å². The summed E-state index contributed by atoms with van der Waals surface area (Å²) in [7, 11) is 3.18. The van der Waals surface area contributed by atoms with Gasteiger partial charge in [-0.1, -0.05) is 11.6 Å². The van der Waals surface area contributed by atoms with Crippen molar-refractivity contribution in [1.82, 2.24) is 14.7 Å². The molecule has 1 N–H and O–H groups in total. The summed E-state index contributed by atoms with van der Waals surface area (Å²) < 4.78 is 12.7. The van der Waals surface area contributed by atoms with Gasteiger partial charge < -0.3 is 10.2 Å². The molecular weight excluding hydrogens is 312 g/mol. The summed E-state index contributed by atoms with van der Waals surface area (Å²) in [5.74, 6) is 1.39. The fourth-order valence-corrected chi connectivity index (χ4v) is 3.68. The highest BCUT2D eigenvalue weighted by molar-refractivity contribution is 7.85. The Morgan fingerprint density at radius 3 is 2.76 bits per heavy atom. The van der Waals surface area contributed by atoms with E-state index in [0.717, 1.165) is 19.4 Å². The Labute approximate surface area is 131 Å². The predicted octanol–water partition coefficient (Wildman–Crippen LogP) is 0.781. The Morgan fingerprint density at radius 2 is 2.14 bits per heavy atom. The van der Waals surface area contributed by atoms with E-state index in [4.69, 9.17) is 11.6 Å². The molecule has 118 valence electrons. The zero-order valence-electron chi connectivity index (χ0n) is 12.3. The molecule has 0 atom stereocenters. The van der Waals surface area contributed by atoms with Gasteiger partial charge in [0.05, 0.1) is 18.4 Å². The molecule has 1 aliphatic rings. The van der Waals surface area contributed by atoms with Gasteiger partial charge >= 0.3 is 0 Å². The van der Waals surface area contributed by atoms with E-state index in [1.165, 1.54) is 4.68 Å². The number of nitrogens with one attached hydrogen (secondary N) is 1. The van der Waals surface area contributed by atoms with E-state index in [1.807, 2.05) is 19.0 Å². The minimum Gasteiger partial charge on any atom is -0.380 e. The van der Waals surface area contributed by atoms with Crippen LogP contribution in [0.3, 0.4) is 0 Å². The van der Waals surface area contributed by atoms with E-state index < -0.39 is 10.8 Å². The van der Waals surface area contributed by atoms with Crippen LogP contribution in [0.15, 0.2) is 11.0 Å². The molecule has 0 aliphatic carbocycles. The first-order valence-corrected chi connectivity index (χ1v) is 8.86. The quantitative estimate of drug-likeness (QED) is 0.863. The van der Waals surface area contributed by atoms with Gasteiger partial charge in [-0.3, -0.25) is 9.00 Å². The fourth-order valence-electron chi connectivity index (χ4n) is 2.18. The van der Waals surface area contributed by atoms with Crippen molar-refractivity contribution >= 4 is 28.1 Å². The van der Waals surface area contributed by atoms with Crippen molar-refractivity contribution in [1.29, 1.82) is 0 Å². The van der Waals surface area contributed by atoms with Crippen LogP contribution >= 0.6 is 11.6 Å². The molecule has 2 heterocycles. The summed E-state index contributed by atoms with van der Waals surface area (Å²) in [5.41, 5.74) is 0.295. The first-order valence-electron chi connectivity index (χ1n) is 6.99. The van der Waals surface area contributed by atoms with E-state index in [1.54, 1.807) is 6.20 Å². The lowest BCUT2D eigenvalue weighted by atomic mass is 10.1. The maximum atomic E-state index is 12.2. The second-order valence-corrected chi connectivity index (χ2v) is 7.54. The normalized spacial score (nSPS) is 22.5. The Morgan fingerprint density at radius 1 is 1.48 bits per heavy atom. The molecule has 0 unspecified atom stereocenters. The number of nitrogens with zero attached hydrogens (tertiary/aromatic N) is 3. The topological polar surface area (TPSA) is 67.2 Å². The van der Waals surface area contributed by atoms with Crippen LogP contribution in [0.5, 0.6) is 0 Å². The summed E-state index contributed by atoms with van der Waals surface area (Å²) in [6.45, 7) is 1.23. The third-order valence-electron chi connectivity index (χ3n) is 3.49. The number of hydrogen-bond acceptors (Lipinski definition) is 5. The highest BCUT2D eigenvalue weighted by Crippen LogP contribution is 2.20. The predicted molar refractivity (Wildman–Crippen MR) is 86.6 cm³/mol. The first-order chi connectivity index (χ1) is 9.97. The van der Waals surface area contributed by atoms with Gasteiger partial charge in [0.15, 0.2) is 0 Å². The molecule has 1 aromatic heterocycles. The van der Waals surface area contributed by atoms with Gasteiger partial charge in [0, 0.05) is 34.9 Å². The number of anilines is 1. The molecule has 2 rings (SSSR count). The van der Waals surface area contributed by atoms with Gasteiger partial charge in [-0.15, -0.1) is 0 Å². The van der Waals surface area contributed by atoms with Crippen molar-refractivity contribution in [3.8, 4) is 0 Å². The first kappa shape index (κ1) is 16.5. The average Bonchev–Trinajstić information content (AvgIpc) is 2.45. The van der Waals surface area contributed by atoms with Crippen molar-refractivity contribution in [2.24, 2.45) is 0 Å². The van der Waals surface area contributed by atoms with Crippen LogP contribution < -0.4 is 10.9 Å². The van der Waals surface area contributed by atoms with Crippen LogP contribution in [0.25, 0.3) is 0 Å². The Hall–Kier alpha value is -0.920. The van der Waals surface area contributed by atoms with Crippen molar-refractivity contribution in [3.05, 3.63) is 21.6 Å². The number of halogens is 1. The van der Waals surface area contributed by atoms with Gasteiger partial charge in [0.25, 0.3) is 5.56 Å². The Kier molecular flexibility index (Phi) is 5.78. The molecule has 21 heavy (non-hydrogen) atoms. The monoisotopic (exact) mass is 332 g/mol. The molecular formula is C13H21ClN4O2S. The third kappa shape index (κ3) is 4.52. The number of rotatable bonds is 5. The van der Waals surface area contributed by atoms with E-state index in [0.29, 0.717) is 23.7 Å². The number of likely N-dealkylation sites (N-methyl/N-ethyl adjacent to an activating group) is 1. The number of hydrogen-bond donors (Lipinski definition) is 1. The minimum atomic E-state index is -0.699. The minimum absolute atomic E-state index is 0.176. The molecule has 0 spiro atoms. The van der Waals surface area contributed by atoms with Crippen molar-refractivity contribution < 1.29 is 4.21 Å². The molecule has 0 aromatic carbocycles. The molecule has 0 saturated carbocycles. The summed E-state index contributed by atoms with van der Waals surface area (Å²) in [6, 6.07) is 0.207. The van der Waals surface area contributed by atoms with Crippen LogP contribution in [-0.4, -0.2) is 57.1 Å². The van der Waals surface area contributed by atoms with E-state index in [2.05, 4.69) is 10.4 Å². The molecule has 0 bridgehead atoms. The Bertz CT molecular complexity index is 566. The molecule has 8 heteroatoms. The summed E-state index contributed by atoms with van der Waals surface area (Å²) in [4.78, 5) is 14.1. The van der Waals surface area contributed by atoms with Crippen LogP contribution in [0, 0.1) is 0 Å². The van der Waals surface area contributed by atoms with E-state index >= 15 is 0 Å². The second kappa shape index (κ2) is 7.38. The van der Waals surface area contributed by atoms with Crippen LogP contribution in [-0.2, 0) is 17.3 Å². The Balaban J connectivity index is 2.06. The van der Waals surface area contributed by atoms with Crippen LogP contribution in [0.2, 0.25) is 5.02 Å². The second-order valence-electron chi connectivity index (χ2n) is 5.47. The van der Waals surface area contributed by atoms with Gasteiger partial charge in [0.1, 0.15) is 5.02 Å². The van der Waals surface area contributed by atoms with Crippen molar-refractivity contribution in [2.75, 3.05) is 37.5 Å². The third-order valence-corrected chi connectivity index (χ3v) is 5.24. The van der Waals surface area contributed by atoms with Gasteiger partial charge in [0.2, 0.25) is 0 Å². The highest BCUT2D eigenvalue weighted by atomic mass is 35.5. The highest BCUT2D eigenvalue weighted by Gasteiger charge is 2.19. The maximum absolute atomic E-state index is 12.2. The molecule has 1 saturated heterocycles. The lowest BCUT2D eigenvalue weighted by Gasteiger charge is -2.24. The summed E-state index contributed by atoms with van der Waals surface area (Å²) in [5, 5.41) is 7.59. The smallest absolute Gasteiger partial charge is 0.287 e. The standard InChI is InChI=1S/C13H21ClN4O2S/c1-17(2)5-6-18-13(19)12(14)11(9-15-18)16-10-3-7-21(20)8-4-10/h9-10,16H,3-8H2,1-2H3. The van der Waals surface area contributed by atoms with Gasteiger partial charge in [-0.2, -0.15) is 5.10 Å². The SMILES string of the molecule is CN(C)CCn1ncc(NC2CCS(=O)CC2)c(Cl)c1=O.